The molecule has 0 saturated carbocycles. The number of nitrogens with two attached hydrogens (primary N) is 1. The van der Waals surface area contributed by atoms with Crippen LogP contribution in [-0.4, -0.2) is 27.6 Å². The Morgan fingerprint density at radius 3 is 2.55 bits per heavy atom. The van der Waals surface area contributed by atoms with Gasteiger partial charge in [-0.2, -0.15) is 5.10 Å². The zero-order chi connectivity index (χ0) is 14.7. The monoisotopic (exact) mass is 272 g/mol. The van der Waals surface area contributed by atoms with Crippen LogP contribution in [0.1, 0.15) is 28.5 Å². The van der Waals surface area contributed by atoms with Crippen LogP contribution in [-0.2, 0) is 13.1 Å². The Labute approximate surface area is 119 Å². The second kappa shape index (κ2) is 5.77. The lowest BCUT2D eigenvalue weighted by molar-refractivity contribution is 0.0779. The number of carbonyl (C=O) groups is 1. The molecule has 0 atom stereocenters. The van der Waals surface area contributed by atoms with E-state index in [2.05, 4.69) is 5.10 Å². The molecule has 106 valence electrons. The highest BCUT2D eigenvalue weighted by Gasteiger charge is 2.18. The third-order valence-corrected chi connectivity index (χ3v) is 3.20. The first-order chi connectivity index (χ1) is 9.51. The lowest BCUT2D eigenvalue weighted by Crippen LogP contribution is -2.27. The highest BCUT2D eigenvalue weighted by molar-refractivity contribution is 5.96. The van der Waals surface area contributed by atoms with Crippen LogP contribution < -0.4 is 5.73 Å². The van der Waals surface area contributed by atoms with Crippen LogP contribution in [0.15, 0.2) is 30.5 Å². The van der Waals surface area contributed by atoms with Crippen molar-refractivity contribution < 1.29 is 4.79 Å². The number of aryl methyl sites for hydroxylation is 2. The number of anilines is 1. The Kier molecular flexibility index (Phi) is 4.08. The minimum atomic E-state index is -0.157. The summed E-state index contributed by atoms with van der Waals surface area (Å²) in [5.41, 5.74) is 8.87. The maximum Gasteiger partial charge on any atom is 0.276 e. The second-order valence-electron chi connectivity index (χ2n) is 4.94. The van der Waals surface area contributed by atoms with Crippen LogP contribution in [0.25, 0.3) is 0 Å². The van der Waals surface area contributed by atoms with Gasteiger partial charge in [-0.3, -0.25) is 9.48 Å². The highest BCUT2D eigenvalue weighted by atomic mass is 16.2. The molecule has 0 saturated heterocycles. The molecular weight excluding hydrogens is 252 g/mol. The molecule has 0 bridgehead atoms. The number of benzene rings is 1. The number of hydrogen-bond acceptors (Lipinski definition) is 3. The van der Waals surface area contributed by atoms with Crippen LogP contribution in [0.2, 0.25) is 0 Å². The molecule has 20 heavy (non-hydrogen) atoms. The molecule has 1 aromatic heterocycles. The van der Waals surface area contributed by atoms with Gasteiger partial charge < -0.3 is 10.6 Å². The normalized spacial score (nSPS) is 10.6. The summed E-state index contributed by atoms with van der Waals surface area (Å²) in [6.07, 6.45) is 1.69. The van der Waals surface area contributed by atoms with E-state index in [9.17, 15) is 4.79 Å². The zero-order valence-corrected chi connectivity index (χ0v) is 12.1. The topological polar surface area (TPSA) is 64.2 Å². The maximum absolute atomic E-state index is 12.3. The molecule has 0 aliphatic heterocycles. The molecule has 1 heterocycles. The van der Waals surface area contributed by atoms with Crippen molar-refractivity contribution in [2.45, 2.75) is 26.9 Å². The second-order valence-corrected chi connectivity index (χ2v) is 4.94. The summed E-state index contributed by atoms with van der Waals surface area (Å²) in [5, 5.41) is 4.21. The molecule has 0 fully saturated rings. The lowest BCUT2D eigenvalue weighted by atomic mass is 10.1. The largest absolute Gasteiger partial charge is 0.396 e. The third kappa shape index (κ3) is 2.99. The lowest BCUT2D eigenvalue weighted by Gasteiger charge is -2.16. The molecule has 5 nitrogen and oxygen atoms in total. The van der Waals surface area contributed by atoms with Gasteiger partial charge in [-0.25, -0.2) is 0 Å². The van der Waals surface area contributed by atoms with Crippen LogP contribution in [0, 0.1) is 6.92 Å². The SMILES string of the molecule is CCn1cc(N)c(C(=O)N(C)Cc2ccc(C)cc2)n1. The Bertz CT molecular complexity index is 601. The number of hydrogen-bond donors (Lipinski definition) is 1. The van der Waals surface area contributed by atoms with Crippen molar-refractivity contribution in [2.24, 2.45) is 0 Å². The summed E-state index contributed by atoms with van der Waals surface area (Å²) in [4.78, 5) is 14.0. The van der Waals surface area contributed by atoms with Crippen LogP contribution in [0.4, 0.5) is 5.69 Å². The molecule has 1 aromatic carbocycles. The van der Waals surface area contributed by atoms with Gasteiger partial charge in [-0.1, -0.05) is 29.8 Å². The maximum atomic E-state index is 12.3. The first kappa shape index (κ1) is 14.1. The van der Waals surface area contributed by atoms with Crippen molar-refractivity contribution in [1.82, 2.24) is 14.7 Å². The summed E-state index contributed by atoms with van der Waals surface area (Å²) in [6.45, 7) is 5.23. The molecule has 0 unspecified atom stereocenters. The van der Waals surface area contributed by atoms with Crippen molar-refractivity contribution in [3.05, 3.63) is 47.3 Å². The summed E-state index contributed by atoms with van der Waals surface area (Å²) in [5.74, 6) is -0.157. The van der Waals surface area contributed by atoms with E-state index in [0.717, 1.165) is 5.56 Å². The van der Waals surface area contributed by atoms with E-state index < -0.39 is 0 Å². The van der Waals surface area contributed by atoms with Gasteiger partial charge in [0, 0.05) is 26.3 Å². The van der Waals surface area contributed by atoms with E-state index in [1.807, 2.05) is 38.1 Å². The van der Waals surface area contributed by atoms with Crippen molar-refractivity contribution in [3.63, 3.8) is 0 Å². The summed E-state index contributed by atoms with van der Waals surface area (Å²) in [6, 6.07) is 8.11. The number of nitrogen functional groups attached to an aromatic ring is 1. The zero-order valence-electron chi connectivity index (χ0n) is 12.1. The van der Waals surface area contributed by atoms with Gasteiger partial charge in [0.1, 0.15) is 0 Å². The number of nitrogens with zero attached hydrogens (tertiary/aromatic N) is 3. The summed E-state index contributed by atoms with van der Waals surface area (Å²) < 4.78 is 1.67. The van der Waals surface area contributed by atoms with Crippen molar-refractivity contribution >= 4 is 11.6 Å². The molecule has 5 heteroatoms. The molecular formula is C15H20N4O. The quantitative estimate of drug-likeness (QED) is 0.926. The first-order valence-corrected chi connectivity index (χ1v) is 6.65. The van der Waals surface area contributed by atoms with Gasteiger partial charge in [-0.05, 0) is 19.4 Å². The molecule has 0 aliphatic rings. The van der Waals surface area contributed by atoms with Gasteiger partial charge in [0.15, 0.2) is 5.69 Å². The Balaban J connectivity index is 2.11. The molecule has 2 rings (SSSR count). The Morgan fingerprint density at radius 2 is 2.00 bits per heavy atom. The van der Waals surface area contributed by atoms with E-state index in [1.54, 1.807) is 22.8 Å². The minimum Gasteiger partial charge on any atom is -0.396 e. The van der Waals surface area contributed by atoms with Gasteiger partial charge in [-0.15, -0.1) is 0 Å². The summed E-state index contributed by atoms with van der Waals surface area (Å²) >= 11 is 0. The van der Waals surface area contributed by atoms with Crippen LogP contribution in [0.3, 0.4) is 0 Å². The standard InChI is InChI=1S/C15H20N4O/c1-4-19-10-13(16)14(17-19)15(20)18(3)9-12-7-5-11(2)6-8-12/h5-8,10H,4,9,16H2,1-3H3. The van der Waals surface area contributed by atoms with E-state index in [1.165, 1.54) is 5.56 Å². The molecule has 1 amide bonds. The highest BCUT2D eigenvalue weighted by Crippen LogP contribution is 2.13. The average Bonchev–Trinajstić information content (AvgIpc) is 2.81. The van der Waals surface area contributed by atoms with Crippen molar-refractivity contribution in [1.29, 1.82) is 0 Å². The van der Waals surface area contributed by atoms with E-state index >= 15 is 0 Å². The van der Waals surface area contributed by atoms with Gasteiger partial charge >= 0.3 is 0 Å². The molecule has 2 N–H and O–H groups in total. The fraction of sp³-hybridized carbons (Fsp3) is 0.333. The van der Waals surface area contributed by atoms with E-state index in [-0.39, 0.29) is 5.91 Å². The van der Waals surface area contributed by atoms with Gasteiger partial charge in [0.25, 0.3) is 5.91 Å². The number of aromatic nitrogens is 2. The predicted molar refractivity (Wildman–Crippen MR) is 79.3 cm³/mol. The van der Waals surface area contributed by atoms with E-state index in [4.69, 9.17) is 5.73 Å². The molecule has 0 radical (unpaired) electrons. The van der Waals surface area contributed by atoms with Crippen molar-refractivity contribution in [2.75, 3.05) is 12.8 Å². The number of rotatable bonds is 4. The molecule has 0 aliphatic carbocycles. The predicted octanol–water partition coefficient (Wildman–Crippen LogP) is 2.07. The van der Waals surface area contributed by atoms with Gasteiger partial charge in [0.2, 0.25) is 0 Å². The smallest absolute Gasteiger partial charge is 0.276 e. The van der Waals surface area contributed by atoms with Crippen LogP contribution >= 0.6 is 0 Å². The fourth-order valence-corrected chi connectivity index (χ4v) is 1.98. The summed E-state index contributed by atoms with van der Waals surface area (Å²) in [7, 11) is 1.76. The van der Waals surface area contributed by atoms with Gasteiger partial charge in [0.05, 0.1) is 5.69 Å². The van der Waals surface area contributed by atoms with Crippen molar-refractivity contribution in [3.8, 4) is 0 Å². The Hall–Kier alpha value is -2.30. The van der Waals surface area contributed by atoms with Crippen LogP contribution in [0.5, 0.6) is 0 Å². The Morgan fingerprint density at radius 1 is 1.35 bits per heavy atom. The molecule has 0 spiro atoms. The molecule has 2 aromatic rings. The number of carbonyl (C=O) groups excluding carboxylic acids is 1. The number of amides is 1. The minimum absolute atomic E-state index is 0.157. The fourth-order valence-electron chi connectivity index (χ4n) is 1.98. The first-order valence-electron chi connectivity index (χ1n) is 6.65. The third-order valence-electron chi connectivity index (χ3n) is 3.20. The van der Waals surface area contributed by atoms with E-state index in [0.29, 0.717) is 24.5 Å². The average molecular weight is 272 g/mol.